The maximum atomic E-state index is 14.7. The number of para-hydroxylation sites is 2. The minimum Gasteiger partial charge on any atom is -0.396 e. The van der Waals surface area contributed by atoms with Gasteiger partial charge in [0.1, 0.15) is 23.6 Å². The summed E-state index contributed by atoms with van der Waals surface area (Å²) in [6, 6.07) is 13.7. The van der Waals surface area contributed by atoms with Gasteiger partial charge in [-0.15, -0.1) is 0 Å². The third-order valence-corrected chi connectivity index (χ3v) is 5.46. The number of imidazole rings is 1. The molecule has 25 heavy (non-hydrogen) atoms. The maximum Gasteiger partial charge on any atom is 0.140 e. The maximum absolute atomic E-state index is 14.7. The van der Waals surface area contributed by atoms with Gasteiger partial charge in [-0.25, -0.2) is 14.4 Å². The molecule has 6 rings (SSSR count). The number of aromatic nitrogens is 3. The van der Waals surface area contributed by atoms with E-state index in [1.165, 1.54) is 0 Å². The Bertz CT molecular complexity index is 947. The number of hydrogen-bond donors (Lipinski definition) is 1. The van der Waals surface area contributed by atoms with Crippen LogP contribution in [0.5, 0.6) is 0 Å². The minimum absolute atomic E-state index is 0.0288. The van der Waals surface area contributed by atoms with Crippen LogP contribution in [-0.4, -0.2) is 45.0 Å². The SMILES string of the molecule is OCC12CN(c3cccc(-n4cnc5ccccc54)n3)CC(F)(C1)C2. The number of piperidine rings is 2. The first kappa shape index (κ1) is 14.8. The average molecular weight is 338 g/mol. The van der Waals surface area contributed by atoms with Gasteiger partial charge in [0, 0.05) is 12.0 Å². The molecule has 2 aromatic heterocycles. The lowest BCUT2D eigenvalue weighted by Gasteiger charge is -2.59. The molecular formula is C19H19FN4O. The van der Waals surface area contributed by atoms with E-state index in [0.717, 1.165) is 22.7 Å². The molecular weight excluding hydrogens is 319 g/mol. The van der Waals surface area contributed by atoms with Crippen LogP contribution in [0.3, 0.4) is 0 Å². The van der Waals surface area contributed by atoms with Gasteiger partial charge in [0.05, 0.1) is 24.2 Å². The standard InChI is InChI=1S/C19H19FN4O/c20-19-8-18(9-19,12-25)10-23(11-19)16-6-3-7-17(22-16)24-13-21-14-4-1-2-5-15(14)24/h1-7,13,25H,8-12H2. The molecule has 3 fully saturated rings. The zero-order chi connectivity index (χ0) is 17.1. The van der Waals surface area contributed by atoms with Crippen LogP contribution in [-0.2, 0) is 0 Å². The summed E-state index contributed by atoms with van der Waals surface area (Å²) >= 11 is 0. The van der Waals surface area contributed by atoms with Crippen LogP contribution in [0.15, 0.2) is 48.8 Å². The van der Waals surface area contributed by atoms with Crippen LogP contribution < -0.4 is 4.90 Å². The molecule has 1 aliphatic carbocycles. The Kier molecular flexibility index (Phi) is 2.98. The van der Waals surface area contributed by atoms with Crippen molar-refractivity contribution >= 4 is 16.9 Å². The molecule has 6 heteroatoms. The molecule has 3 aliphatic rings. The first-order valence-corrected chi connectivity index (χ1v) is 8.54. The second-order valence-corrected chi connectivity index (χ2v) is 7.48. The van der Waals surface area contributed by atoms with Gasteiger partial charge >= 0.3 is 0 Å². The number of alkyl halides is 1. The van der Waals surface area contributed by atoms with Gasteiger partial charge in [-0.1, -0.05) is 18.2 Å². The van der Waals surface area contributed by atoms with Crippen molar-refractivity contribution in [3.63, 3.8) is 0 Å². The van der Waals surface area contributed by atoms with Gasteiger partial charge in [-0.05, 0) is 37.1 Å². The zero-order valence-corrected chi connectivity index (χ0v) is 13.8. The lowest BCUT2D eigenvalue weighted by molar-refractivity contribution is -0.109. The number of anilines is 1. The Morgan fingerprint density at radius 3 is 2.68 bits per heavy atom. The molecule has 1 aromatic carbocycles. The predicted molar refractivity (Wildman–Crippen MR) is 93.7 cm³/mol. The third kappa shape index (κ3) is 2.24. The molecule has 0 atom stereocenters. The van der Waals surface area contributed by atoms with E-state index in [2.05, 4.69) is 4.98 Å². The number of rotatable bonds is 3. The van der Waals surface area contributed by atoms with E-state index >= 15 is 0 Å². The van der Waals surface area contributed by atoms with Gasteiger partial charge in [-0.3, -0.25) is 4.57 Å². The van der Waals surface area contributed by atoms with E-state index in [0.29, 0.717) is 25.9 Å². The second-order valence-electron chi connectivity index (χ2n) is 7.48. The van der Waals surface area contributed by atoms with Gasteiger partial charge < -0.3 is 10.0 Å². The molecule has 1 N–H and O–H groups in total. The quantitative estimate of drug-likeness (QED) is 0.798. The lowest BCUT2D eigenvalue weighted by atomic mass is 9.57. The summed E-state index contributed by atoms with van der Waals surface area (Å²) in [5, 5.41) is 9.66. The molecule has 2 saturated heterocycles. The number of hydrogen-bond acceptors (Lipinski definition) is 4. The second kappa shape index (κ2) is 5.02. The number of pyridine rings is 1. The van der Waals surface area contributed by atoms with Crippen LogP contribution >= 0.6 is 0 Å². The number of aliphatic hydroxyl groups is 1. The van der Waals surface area contributed by atoms with Crippen LogP contribution in [0.1, 0.15) is 12.8 Å². The highest BCUT2D eigenvalue weighted by molar-refractivity contribution is 5.76. The summed E-state index contributed by atoms with van der Waals surface area (Å²) < 4.78 is 16.6. The highest BCUT2D eigenvalue weighted by atomic mass is 19.1. The zero-order valence-electron chi connectivity index (χ0n) is 13.8. The molecule has 1 saturated carbocycles. The van der Waals surface area contributed by atoms with Gasteiger partial charge in [0.25, 0.3) is 0 Å². The molecule has 0 radical (unpaired) electrons. The van der Waals surface area contributed by atoms with Crippen LogP contribution in [0.4, 0.5) is 10.2 Å². The fraction of sp³-hybridized carbons (Fsp3) is 0.368. The number of halogens is 1. The van der Waals surface area contributed by atoms with E-state index in [-0.39, 0.29) is 12.0 Å². The van der Waals surface area contributed by atoms with Crippen molar-refractivity contribution in [2.24, 2.45) is 5.41 Å². The molecule has 2 aliphatic heterocycles. The Morgan fingerprint density at radius 1 is 1.04 bits per heavy atom. The summed E-state index contributed by atoms with van der Waals surface area (Å²) in [6.45, 7) is 1.02. The minimum atomic E-state index is -1.19. The first-order chi connectivity index (χ1) is 12.1. The molecule has 128 valence electrons. The van der Waals surface area contributed by atoms with Crippen molar-refractivity contribution in [2.75, 3.05) is 24.6 Å². The van der Waals surface area contributed by atoms with Crippen molar-refractivity contribution in [1.29, 1.82) is 0 Å². The molecule has 0 unspecified atom stereocenters. The van der Waals surface area contributed by atoms with Gasteiger partial charge in [-0.2, -0.15) is 0 Å². The van der Waals surface area contributed by atoms with Gasteiger partial charge in [0.2, 0.25) is 0 Å². The Morgan fingerprint density at radius 2 is 1.84 bits per heavy atom. The number of benzene rings is 1. The Balaban J connectivity index is 1.52. The smallest absolute Gasteiger partial charge is 0.140 e. The molecule has 0 spiro atoms. The van der Waals surface area contributed by atoms with Crippen molar-refractivity contribution in [3.05, 3.63) is 48.8 Å². The van der Waals surface area contributed by atoms with E-state index in [1.807, 2.05) is 51.9 Å². The van der Waals surface area contributed by atoms with E-state index in [4.69, 9.17) is 4.98 Å². The van der Waals surface area contributed by atoms with Crippen molar-refractivity contribution in [3.8, 4) is 5.82 Å². The topological polar surface area (TPSA) is 54.2 Å². The fourth-order valence-corrected chi connectivity index (χ4v) is 4.51. The number of fused-ring (bicyclic) bond motifs is 3. The first-order valence-electron chi connectivity index (χ1n) is 8.54. The molecule has 3 aromatic rings. The molecule has 4 heterocycles. The van der Waals surface area contributed by atoms with E-state index in [9.17, 15) is 9.50 Å². The van der Waals surface area contributed by atoms with E-state index in [1.54, 1.807) is 6.33 Å². The summed E-state index contributed by atoms with van der Waals surface area (Å²) in [7, 11) is 0. The normalized spacial score (nSPS) is 28.2. The summed E-state index contributed by atoms with van der Waals surface area (Å²) in [6.07, 6.45) is 2.67. The summed E-state index contributed by atoms with van der Waals surface area (Å²) in [4.78, 5) is 11.1. The Labute approximate surface area is 144 Å². The van der Waals surface area contributed by atoms with Crippen LogP contribution in [0, 0.1) is 5.41 Å². The highest BCUT2D eigenvalue weighted by Gasteiger charge is 2.60. The van der Waals surface area contributed by atoms with Gasteiger partial charge in [0.15, 0.2) is 0 Å². The predicted octanol–water partition coefficient (Wildman–Crippen LogP) is 2.72. The van der Waals surface area contributed by atoms with Crippen molar-refractivity contribution in [2.45, 2.75) is 18.5 Å². The number of nitrogens with zero attached hydrogens (tertiary/aromatic N) is 4. The molecule has 2 bridgehead atoms. The third-order valence-electron chi connectivity index (χ3n) is 5.46. The Hall–Kier alpha value is -2.47. The monoisotopic (exact) mass is 338 g/mol. The van der Waals surface area contributed by atoms with Crippen LogP contribution in [0.2, 0.25) is 0 Å². The van der Waals surface area contributed by atoms with Crippen molar-refractivity contribution < 1.29 is 9.50 Å². The molecule has 0 amide bonds. The fourth-order valence-electron chi connectivity index (χ4n) is 4.51. The summed E-state index contributed by atoms with van der Waals surface area (Å²) in [5.41, 5.74) is 0.394. The van der Waals surface area contributed by atoms with E-state index < -0.39 is 5.67 Å². The van der Waals surface area contributed by atoms with Crippen LogP contribution in [0.25, 0.3) is 16.9 Å². The highest BCUT2D eigenvalue weighted by Crippen LogP contribution is 2.55. The lowest BCUT2D eigenvalue weighted by Crippen LogP contribution is -2.66. The van der Waals surface area contributed by atoms with Crippen molar-refractivity contribution in [1.82, 2.24) is 14.5 Å². The number of aliphatic hydroxyl groups excluding tert-OH is 1. The average Bonchev–Trinajstić information content (AvgIpc) is 3.05. The largest absolute Gasteiger partial charge is 0.396 e. The summed E-state index contributed by atoms with van der Waals surface area (Å²) in [5.74, 6) is 1.51. The molecule has 5 nitrogen and oxygen atoms in total.